The number of hydrogen-bond acceptors (Lipinski definition) is 6. The lowest BCUT2D eigenvalue weighted by molar-refractivity contribution is 0.881. The summed E-state index contributed by atoms with van der Waals surface area (Å²) in [6.45, 7) is 0.413. The van der Waals surface area contributed by atoms with Crippen LogP contribution in [0.15, 0.2) is 24.3 Å². The van der Waals surface area contributed by atoms with Gasteiger partial charge in [-0.1, -0.05) is 41.1 Å². The quantitative estimate of drug-likeness (QED) is 0.741. The summed E-state index contributed by atoms with van der Waals surface area (Å²) < 4.78 is 0. The molecule has 0 saturated carbocycles. The summed E-state index contributed by atoms with van der Waals surface area (Å²) in [5, 5.41) is 26.7. The number of nitrogens with zero attached hydrogens (tertiary/aromatic N) is 5. The van der Waals surface area contributed by atoms with E-state index in [-0.39, 0.29) is 0 Å². The van der Waals surface area contributed by atoms with E-state index in [1.807, 2.05) is 24.3 Å². The Kier molecular flexibility index (Phi) is 2.73. The SMILES string of the molecule is Clc1nnc(NCc2nn[nH]n2)c2ccccc12. The van der Waals surface area contributed by atoms with Gasteiger partial charge in [-0.2, -0.15) is 5.21 Å². The van der Waals surface area contributed by atoms with Crippen LogP contribution in [0, 0.1) is 0 Å². The maximum atomic E-state index is 5.99. The molecular weight excluding hydrogens is 254 g/mol. The third-order valence-electron chi connectivity index (χ3n) is 2.45. The van der Waals surface area contributed by atoms with E-state index in [4.69, 9.17) is 11.6 Å². The molecule has 7 nitrogen and oxygen atoms in total. The van der Waals surface area contributed by atoms with E-state index in [1.54, 1.807) is 0 Å². The summed E-state index contributed by atoms with van der Waals surface area (Å²) >= 11 is 5.99. The van der Waals surface area contributed by atoms with Gasteiger partial charge in [-0.25, -0.2) is 0 Å². The molecule has 0 bridgehead atoms. The third-order valence-corrected chi connectivity index (χ3v) is 2.72. The van der Waals surface area contributed by atoms with Gasteiger partial charge in [0.2, 0.25) is 0 Å². The Bertz CT molecular complexity index is 667. The fraction of sp³-hybridized carbons (Fsp3) is 0.100. The minimum atomic E-state index is 0.385. The Balaban J connectivity index is 1.94. The molecule has 8 heteroatoms. The molecular formula is C10H8ClN7. The summed E-state index contributed by atoms with van der Waals surface area (Å²) in [6.07, 6.45) is 0. The highest BCUT2D eigenvalue weighted by Gasteiger charge is 2.07. The first kappa shape index (κ1) is 10.8. The first-order valence-electron chi connectivity index (χ1n) is 5.22. The number of nitrogens with one attached hydrogen (secondary N) is 2. The standard InChI is InChI=1S/C10H8ClN7/c11-9-6-3-1-2-4-7(6)10(16-15-9)12-5-8-13-17-18-14-8/h1-4H,5H2,(H,12,16)(H,13,14,17,18). The Morgan fingerprint density at radius 1 is 1.11 bits per heavy atom. The van der Waals surface area contributed by atoms with Gasteiger partial charge < -0.3 is 5.32 Å². The van der Waals surface area contributed by atoms with Crippen molar-refractivity contribution in [3.63, 3.8) is 0 Å². The summed E-state index contributed by atoms with van der Waals surface area (Å²) in [5.41, 5.74) is 0. The van der Waals surface area contributed by atoms with E-state index in [0.717, 1.165) is 10.8 Å². The molecule has 0 fully saturated rings. The predicted molar refractivity (Wildman–Crippen MR) is 66.1 cm³/mol. The van der Waals surface area contributed by atoms with Crippen LogP contribution in [0.25, 0.3) is 10.8 Å². The van der Waals surface area contributed by atoms with Gasteiger partial charge in [-0.05, 0) is 0 Å². The van der Waals surface area contributed by atoms with Crippen molar-refractivity contribution in [2.24, 2.45) is 0 Å². The second kappa shape index (κ2) is 4.53. The van der Waals surface area contributed by atoms with Crippen molar-refractivity contribution in [2.45, 2.75) is 6.54 Å². The molecule has 2 aromatic heterocycles. The van der Waals surface area contributed by atoms with Crippen LogP contribution < -0.4 is 5.32 Å². The number of rotatable bonds is 3. The van der Waals surface area contributed by atoms with Crippen LogP contribution in [0.2, 0.25) is 5.15 Å². The zero-order chi connectivity index (χ0) is 12.4. The van der Waals surface area contributed by atoms with Gasteiger partial charge in [0.1, 0.15) is 0 Å². The van der Waals surface area contributed by atoms with E-state index in [1.165, 1.54) is 0 Å². The predicted octanol–water partition coefficient (Wildman–Crippen LogP) is 1.41. The molecule has 0 aliphatic heterocycles. The number of H-pyrrole nitrogens is 1. The Morgan fingerprint density at radius 3 is 2.72 bits per heavy atom. The molecule has 0 amide bonds. The normalized spacial score (nSPS) is 10.7. The molecule has 90 valence electrons. The van der Waals surface area contributed by atoms with E-state index in [2.05, 4.69) is 36.1 Å². The summed E-state index contributed by atoms with van der Waals surface area (Å²) in [6, 6.07) is 7.64. The molecule has 2 N–H and O–H groups in total. The molecule has 0 aliphatic rings. The molecule has 0 spiro atoms. The zero-order valence-corrected chi connectivity index (χ0v) is 9.89. The Morgan fingerprint density at radius 2 is 1.94 bits per heavy atom. The van der Waals surface area contributed by atoms with E-state index in [0.29, 0.717) is 23.3 Å². The van der Waals surface area contributed by atoms with Gasteiger partial charge in [-0.15, -0.1) is 20.4 Å². The largest absolute Gasteiger partial charge is 0.361 e. The van der Waals surface area contributed by atoms with Crippen molar-refractivity contribution >= 4 is 28.2 Å². The Hall–Kier alpha value is -2.28. The van der Waals surface area contributed by atoms with E-state index in [9.17, 15) is 0 Å². The highest BCUT2D eigenvalue weighted by atomic mass is 35.5. The van der Waals surface area contributed by atoms with Crippen molar-refractivity contribution in [3.05, 3.63) is 35.2 Å². The lowest BCUT2D eigenvalue weighted by Crippen LogP contribution is -2.05. The number of tetrazole rings is 1. The molecule has 0 atom stereocenters. The summed E-state index contributed by atoms with van der Waals surface area (Å²) in [7, 11) is 0. The van der Waals surface area contributed by atoms with Gasteiger partial charge in [0, 0.05) is 10.8 Å². The molecule has 3 aromatic rings. The molecule has 3 rings (SSSR count). The fourth-order valence-electron chi connectivity index (χ4n) is 1.62. The average Bonchev–Trinajstić information content (AvgIpc) is 2.92. The van der Waals surface area contributed by atoms with E-state index >= 15 is 0 Å². The number of anilines is 1. The first-order valence-corrected chi connectivity index (χ1v) is 5.59. The number of aromatic nitrogens is 6. The second-order valence-corrected chi connectivity index (χ2v) is 3.92. The van der Waals surface area contributed by atoms with Crippen LogP contribution in [-0.4, -0.2) is 30.8 Å². The third kappa shape index (κ3) is 1.95. The summed E-state index contributed by atoms with van der Waals surface area (Å²) in [4.78, 5) is 0. The van der Waals surface area contributed by atoms with Crippen LogP contribution in [0.5, 0.6) is 0 Å². The number of hydrogen-bond donors (Lipinski definition) is 2. The van der Waals surface area contributed by atoms with Crippen LogP contribution in [0.3, 0.4) is 0 Å². The fourth-order valence-corrected chi connectivity index (χ4v) is 1.82. The second-order valence-electron chi connectivity index (χ2n) is 3.57. The first-order chi connectivity index (χ1) is 8.84. The minimum absolute atomic E-state index is 0.385. The van der Waals surface area contributed by atoms with Crippen molar-refractivity contribution < 1.29 is 0 Å². The maximum Gasteiger partial charge on any atom is 0.193 e. The number of aromatic amines is 1. The molecule has 18 heavy (non-hydrogen) atoms. The molecule has 0 unspecified atom stereocenters. The smallest absolute Gasteiger partial charge is 0.193 e. The topological polar surface area (TPSA) is 92.3 Å². The average molecular weight is 262 g/mol. The van der Waals surface area contributed by atoms with Gasteiger partial charge in [-0.3, -0.25) is 0 Å². The van der Waals surface area contributed by atoms with Gasteiger partial charge >= 0.3 is 0 Å². The monoisotopic (exact) mass is 261 g/mol. The zero-order valence-electron chi connectivity index (χ0n) is 9.13. The molecule has 0 saturated heterocycles. The lowest BCUT2D eigenvalue weighted by Gasteiger charge is -2.06. The van der Waals surface area contributed by atoms with Crippen LogP contribution in [0.1, 0.15) is 5.82 Å². The van der Waals surface area contributed by atoms with Crippen molar-refractivity contribution in [1.29, 1.82) is 0 Å². The van der Waals surface area contributed by atoms with E-state index < -0.39 is 0 Å². The molecule has 0 radical (unpaired) electrons. The Labute approximate surface area is 107 Å². The highest BCUT2D eigenvalue weighted by molar-refractivity contribution is 6.34. The highest BCUT2D eigenvalue weighted by Crippen LogP contribution is 2.25. The minimum Gasteiger partial charge on any atom is -0.361 e. The molecule has 0 aliphatic carbocycles. The lowest BCUT2D eigenvalue weighted by atomic mass is 10.2. The molecule has 1 aromatic carbocycles. The van der Waals surface area contributed by atoms with Crippen LogP contribution >= 0.6 is 11.6 Å². The maximum absolute atomic E-state index is 5.99. The van der Waals surface area contributed by atoms with Crippen LogP contribution in [-0.2, 0) is 6.54 Å². The van der Waals surface area contributed by atoms with Crippen molar-refractivity contribution in [3.8, 4) is 0 Å². The van der Waals surface area contributed by atoms with Crippen LogP contribution in [0.4, 0.5) is 5.82 Å². The van der Waals surface area contributed by atoms with Crippen molar-refractivity contribution in [1.82, 2.24) is 30.8 Å². The van der Waals surface area contributed by atoms with Gasteiger partial charge in [0.05, 0.1) is 6.54 Å². The number of benzene rings is 1. The van der Waals surface area contributed by atoms with Gasteiger partial charge in [0.15, 0.2) is 16.8 Å². The summed E-state index contributed by atoms with van der Waals surface area (Å²) in [5.74, 6) is 1.19. The van der Waals surface area contributed by atoms with Crippen molar-refractivity contribution in [2.75, 3.05) is 5.32 Å². The molecule has 2 heterocycles. The number of fused-ring (bicyclic) bond motifs is 1. The van der Waals surface area contributed by atoms with Gasteiger partial charge in [0.25, 0.3) is 0 Å². The number of halogens is 1.